The van der Waals surface area contributed by atoms with Crippen molar-refractivity contribution in [3.8, 4) is 6.07 Å². The highest BCUT2D eigenvalue weighted by Crippen LogP contribution is 2.07. The van der Waals surface area contributed by atoms with Crippen LogP contribution in [0.1, 0.15) is 16.7 Å². The Morgan fingerprint density at radius 3 is 2.53 bits per heavy atom. The SMILES string of the molecule is N#Cc1ccccc1CNCCc1ccc(F)cc1. The van der Waals surface area contributed by atoms with Crippen molar-refractivity contribution in [3.05, 3.63) is 71.0 Å². The Bertz CT molecular complexity index is 570. The number of nitrogens with one attached hydrogen (secondary N) is 1. The number of hydrogen-bond acceptors (Lipinski definition) is 2. The third kappa shape index (κ3) is 3.90. The minimum Gasteiger partial charge on any atom is -0.312 e. The molecule has 0 atom stereocenters. The molecule has 2 rings (SSSR count). The summed E-state index contributed by atoms with van der Waals surface area (Å²) in [6, 6.07) is 16.3. The van der Waals surface area contributed by atoms with Gasteiger partial charge in [0.15, 0.2) is 0 Å². The molecule has 2 aromatic rings. The lowest BCUT2D eigenvalue weighted by molar-refractivity contribution is 0.626. The Morgan fingerprint density at radius 2 is 1.79 bits per heavy atom. The molecule has 0 fully saturated rings. The van der Waals surface area contributed by atoms with E-state index in [0.29, 0.717) is 12.1 Å². The van der Waals surface area contributed by atoms with Crippen LogP contribution in [0.25, 0.3) is 0 Å². The summed E-state index contributed by atoms with van der Waals surface area (Å²) in [6.45, 7) is 1.47. The van der Waals surface area contributed by atoms with Gasteiger partial charge in [0.05, 0.1) is 11.6 Å². The van der Waals surface area contributed by atoms with Gasteiger partial charge in [0.1, 0.15) is 5.82 Å². The second-order valence-corrected chi connectivity index (χ2v) is 4.32. The van der Waals surface area contributed by atoms with Crippen molar-refractivity contribution < 1.29 is 4.39 Å². The van der Waals surface area contributed by atoms with Gasteiger partial charge in [-0.3, -0.25) is 0 Å². The number of benzene rings is 2. The average Bonchev–Trinajstić information content (AvgIpc) is 2.46. The van der Waals surface area contributed by atoms with Gasteiger partial charge in [-0.1, -0.05) is 30.3 Å². The smallest absolute Gasteiger partial charge is 0.123 e. The van der Waals surface area contributed by atoms with Crippen molar-refractivity contribution in [2.75, 3.05) is 6.54 Å². The van der Waals surface area contributed by atoms with E-state index in [9.17, 15) is 4.39 Å². The summed E-state index contributed by atoms with van der Waals surface area (Å²) in [5, 5.41) is 12.3. The molecule has 0 radical (unpaired) electrons. The standard InChI is InChI=1S/C16H15FN2/c17-16-7-5-13(6-8-16)9-10-19-12-15-4-2-1-3-14(15)11-18/h1-8,19H,9-10,12H2. The number of nitrogens with zero attached hydrogens (tertiary/aromatic N) is 1. The summed E-state index contributed by atoms with van der Waals surface area (Å²) in [5.74, 6) is -0.209. The summed E-state index contributed by atoms with van der Waals surface area (Å²) >= 11 is 0. The van der Waals surface area contributed by atoms with Crippen molar-refractivity contribution >= 4 is 0 Å². The van der Waals surface area contributed by atoms with Crippen LogP contribution in [0, 0.1) is 17.1 Å². The molecular weight excluding hydrogens is 239 g/mol. The number of rotatable bonds is 5. The summed E-state index contributed by atoms with van der Waals surface area (Å²) in [7, 11) is 0. The van der Waals surface area contributed by atoms with Gasteiger partial charge in [-0.2, -0.15) is 5.26 Å². The monoisotopic (exact) mass is 254 g/mol. The van der Waals surface area contributed by atoms with Gasteiger partial charge in [-0.25, -0.2) is 4.39 Å². The summed E-state index contributed by atoms with van der Waals surface area (Å²) in [5.41, 5.74) is 2.81. The lowest BCUT2D eigenvalue weighted by atomic mass is 10.1. The second kappa shape index (κ2) is 6.67. The van der Waals surface area contributed by atoms with E-state index in [-0.39, 0.29) is 5.82 Å². The Hall–Kier alpha value is -2.18. The maximum atomic E-state index is 12.7. The van der Waals surface area contributed by atoms with Gasteiger partial charge in [-0.05, 0) is 42.3 Å². The molecule has 0 spiro atoms. The van der Waals surface area contributed by atoms with Crippen LogP contribution < -0.4 is 5.32 Å². The number of hydrogen-bond donors (Lipinski definition) is 1. The summed E-state index contributed by atoms with van der Waals surface area (Å²) in [6.07, 6.45) is 0.842. The van der Waals surface area contributed by atoms with Crippen LogP contribution in [0.2, 0.25) is 0 Å². The number of halogens is 1. The minimum absolute atomic E-state index is 0.209. The molecule has 96 valence electrons. The molecule has 0 saturated carbocycles. The van der Waals surface area contributed by atoms with E-state index in [1.165, 1.54) is 12.1 Å². The van der Waals surface area contributed by atoms with Gasteiger partial charge in [0, 0.05) is 6.54 Å². The van der Waals surface area contributed by atoms with E-state index >= 15 is 0 Å². The molecule has 2 nitrogen and oxygen atoms in total. The Kier molecular flexibility index (Phi) is 4.66. The van der Waals surface area contributed by atoms with E-state index in [1.807, 2.05) is 24.3 Å². The molecule has 0 aromatic heterocycles. The molecule has 0 aliphatic heterocycles. The molecule has 19 heavy (non-hydrogen) atoms. The van der Waals surface area contributed by atoms with Crippen LogP contribution in [0.3, 0.4) is 0 Å². The average molecular weight is 254 g/mol. The Morgan fingerprint density at radius 1 is 1.05 bits per heavy atom. The first kappa shape index (κ1) is 13.3. The second-order valence-electron chi connectivity index (χ2n) is 4.32. The fourth-order valence-electron chi connectivity index (χ4n) is 1.89. The molecule has 0 heterocycles. The molecule has 0 aliphatic rings. The molecule has 2 aromatic carbocycles. The maximum absolute atomic E-state index is 12.7. The third-order valence-corrected chi connectivity index (χ3v) is 2.96. The van der Waals surface area contributed by atoms with Crippen molar-refractivity contribution in [3.63, 3.8) is 0 Å². The van der Waals surface area contributed by atoms with E-state index < -0.39 is 0 Å². The van der Waals surface area contributed by atoms with E-state index in [0.717, 1.165) is 24.1 Å². The summed E-state index contributed by atoms with van der Waals surface area (Å²) in [4.78, 5) is 0. The molecule has 3 heteroatoms. The van der Waals surface area contributed by atoms with Crippen molar-refractivity contribution in [2.45, 2.75) is 13.0 Å². The Balaban J connectivity index is 1.81. The molecule has 0 aliphatic carbocycles. The van der Waals surface area contributed by atoms with Crippen LogP contribution in [-0.4, -0.2) is 6.54 Å². The first-order valence-corrected chi connectivity index (χ1v) is 6.23. The molecule has 0 amide bonds. The first-order valence-electron chi connectivity index (χ1n) is 6.23. The number of nitriles is 1. The lowest BCUT2D eigenvalue weighted by Gasteiger charge is -2.06. The van der Waals surface area contributed by atoms with Gasteiger partial charge < -0.3 is 5.32 Å². The van der Waals surface area contributed by atoms with Gasteiger partial charge in [0.25, 0.3) is 0 Å². The van der Waals surface area contributed by atoms with Crippen molar-refractivity contribution in [1.82, 2.24) is 5.32 Å². The van der Waals surface area contributed by atoms with Gasteiger partial charge in [0.2, 0.25) is 0 Å². The zero-order valence-electron chi connectivity index (χ0n) is 10.6. The maximum Gasteiger partial charge on any atom is 0.123 e. The van der Waals surface area contributed by atoms with Crippen molar-refractivity contribution in [2.24, 2.45) is 0 Å². The summed E-state index contributed by atoms with van der Waals surface area (Å²) < 4.78 is 12.7. The van der Waals surface area contributed by atoms with Gasteiger partial charge >= 0.3 is 0 Å². The first-order chi connectivity index (χ1) is 9.29. The van der Waals surface area contributed by atoms with Crippen LogP contribution in [0.4, 0.5) is 4.39 Å². The molecule has 0 saturated heterocycles. The molecular formula is C16H15FN2. The van der Waals surface area contributed by atoms with Crippen LogP contribution in [0.5, 0.6) is 0 Å². The highest BCUT2D eigenvalue weighted by molar-refractivity contribution is 5.37. The zero-order valence-corrected chi connectivity index (χ0v) is 10.6. The van der Waals surface area contributed by atoms with Crippen molar-refractivity contribution in [1.29, 1.82) is 5.26 Å². The lowest BCUT2D eigenvalue weighted by Crippen LogP contribution is -2.17. The third-order valence-electron chi connectivity index (χ3n) is 2.96. The zero-order chi connectivity index (χ0) is 13.5. The fraction of sp³-hybridized carbons (Fsp3) is 0.188. The predicted octanol–water partition coefficient (Wildman–Crippen LogP) is 3.03. The largest absolute Gasteiger partial charge is 0.312 e. The van der Waals surface area contributed by atoms with Gasteiger partial charge in [-0.15, -0.1) is 0 Å². The highest BCUT2D eigenvalue weighted by Gasteiger charge is 2.00. The molecule has 1 N–H and O–H groups in total. The quantitative estimate of drug-likeness (QED) is 0.832. The van der Waals surface area contributed by atoms with E-state index in [1.54, 1.807) is 12.1 Å². The molecule has 0 unspecified atom stereocenters. The fourth-order valence-corrected chi connectivity index (χ4v) is 1.89. The van der Waals surface area contributed by atoms with E-state index in [2.05, 4.69) is 11.4 Å². The van der Waals surface area contributed by atoms with Crippen LogP contribution in [0.15, 0.2) is 48.5 Å². The topological polar surface area (TPSA) is 35.8 Å². The minimum atomic E-state index is -0.209. The Labute approximate surface area is 112 Å². The van der Waals surface area contributed by atoms with E-state index in [4.69, 9.17) is 5.26 Å². The molecule has 0 bridgehead atoms. The van der Waals surface area contributed by atoms with Crippen LogP contribution in [-0.2, 0) is 13.0 Å². The van der Waals surface area contributed by atoms with Crippen LogP contribution >= 0.6 is 0 Å². The normalized spacial score (nSPS) is 10.1. The predicted molar refractivity (Wildman–Crippen MR) is 73.0 cm³/mol. The highest BCUT2D eigenvalue weighted by atomic mass is 19.1.